The molecule has 0 unspecified atom stereocenters. The van der Waals surface area contributed by atoms with Crippen molar-refractivity contribution in [1.29, 1.82) is 0 Å². The van der Waals surface area contributed by atoms with Crippen LogP contribution in [0.1, 0.15) is 52.6 Å². The Morgan fingerprint density at radius 1 is 1.17 bits per heavy atom. The van der Waals surface area contributed by atoms with E-state index in [1.54, 1.807) is 6.92 Å². The lowest BCUT2D eigenvalue weighted by Gasteiger charge is -2.36. The van der Waals surface area contributed by atoms with Crippen LogP contribution in [-0.4, -0.2) is 25.3 Å². The van der Waals surface area contributed by atoms with Gasteiger partial charge in [-0.1, -0.05) is 44.5 Å². The third-order valence-corrected chi connectivity index (χ3v) is 9.95. The Morgan fingerprint density at radius 2 is 1.83 bits per heavy atom. The van der Waals surface area contributed by atoms with Crippen molar-refractivity contribution in [3.63, 3.8) is 0 Å². The van der Waals surface area contributed by atoms with E-state index in [0.717, 1.165) is 11.3 Å². The van der Waals surface area contributed by atoms with Gasteiger partial charge in [-0.15, -0.1) is 0 Å². The molecule has 0 aromatic heterocycles. The van der Waals surface area contributed by atoms with E-state index in [1.165, 1.54) is 12.1 Å². The second-order valence-corrected chi connectivity index (χ2v) is 13.8. The Balaban J connectivity index is 2.11. The topological polar surface area (TPSA) is 75.6 Å². The Labute approximate surface area is 178 Å². The SMILES string of the molecule is Cc1cc(C(=O)NCc2cccc(O[Si](C)(C)C(C)(C)C)c2)cc(Cl)c1C(=O)O. The van der Waals surface area contributed by atoms with Crippen LogP contribution >= 0.6 is 11.6 Å². The smallest absolute Gasteiger partial charge is 0.337 e. The summed E-state index contributed by atoms with van der Waals surface area (Å²) in [5.74, 6) is -0.631. The summed E-state index contributed by atoms with van der Waals surface area (Å²) in [6.07, 6.45) is 0. The van der Waals surface area contributed by atoms with Gasteiger partial charge in [0, 0.05) is 12.1 Å². The molecule has 1 amide bonds. The first-order chi connectivity index (χ1) is 13.3. The lowest BCUT2D eigenvalue weighted by molar-refractivity contribution is 0.0695. The van der Waals surface area contributed by atoms with Crippen LogP contribution in [0.5, 0.6) is 5.75 Å². The van der Waals surface area contributed by atoms with Crippen LogP contribution in [0, 0.1) is 6.92 Å². The zero-order valence-electron chi connectivity index (χ0n) is 17.7. The minimum absolute atomic E-state index is 0.0127. The van der Waals surface area contributed by atoms with E-state index in [9.17, 15) is 14.7 Å². The van der Waals surface area contributed by atoms with Crippen LogP contribution in [0.2, 0.25) is 23.2 Å². The molecule has 0 aliphatic heterocycles. The number of carbonyl (C=O) groups is 2. The number of hydrogen-bond acceptors (Lipinski definition) is 3. The van der Waals surface area contributed by atoms with Crippen molar-refractivity contribution in [3.8, 4) is 5.75 Å². The second kappa shape index (κ2) is 8.59. The molecule has 29 heavy (non-hydrogen) atoms. The van der Waals surface area contributed by atoms with Crippen molar-refractivity contribution in [1.82, 2.24) is 5.32 Å². The highest BCUT2D eigenvalue weighted by Gasteiger charge is 2.38. The average molecular weight is 434 g/mol. The number of rotatable bonds is 6. The fourth-order valence-corrected chi connectivity index (χ4v) is 3.97. The third kappa shape index (κ3) is 5.61. The van der Waals surface area contributed by atoms with E-state index in [0.29, 0.717) is 17.7 Å². The summed E-state index contributed by atoms with van der Waals surface area (Å²) < 4.78 is 6.32. The van der Waals surface area contributed by atoms with Crippen LogP contribution < -0.4 is 9.74 Å². The van der Waals surface area contributed by atoms with Gasteiger partial charge in [-0.2, -0.15) is 0 Å². The highest BCUT2D eigenvalue weighted by molar-refractivity contribution is 6.74. The summed E-state index contributed by atoms with van der Waals surface area (Å²) in [5.41, 5.74) is 1.70. The van der Waals surface area contributed by atoms with Gasteiger partial charge in [0.15, 0.2) is 0 Å². The van der Waals surface area contributed by atoms with E-state index >= 15 is 0 Å². The van der Waals surface area contributed by atoms with E-state index in [4.69, 9.17) is 16.0 Å². The quantitative estimate of drug-likeness (QED) is 0.576. The molecule has 0 spiro atoms. The minimum atomic E-state index is -1.94. The molecule has 2 rings (SSSR count). The molecule has 0 radical (unpaired) electrons. The van der Waals surface area contributed by atoms with Gasteiger partial charge in [0.25, 0.3) is 5.91 Å². The number of carboxylic acid groups (broad SMARTS) is 1. The van der Waals surface area contributed by atoms with Crippen molar-refractivity contribution < 1.29 is 19.1 Å². The molecule has 0 aliphatic carbocycles. The fraction of sp³-hybridized carbons (Fsp3) is 0.364. The van der Waals surface area contributed by atoms with Gasteiger partial charge in [-0.3, -0.25) is 4.79 Å². The third-order valence-electron chi connectivity index (χ3n) is 5.29. The molecule has 5 nitrogen and oxygen atoms in total. The highest BCUT2D eigenvalue weighted by Crippen LogP contribution is 2.37. The molecule has 0 heterocycles. The van der Waals surface area contributed by atoms with Crippen LogP contribution in [0.25, 0.3) is 0 Å². The van der Waals surface area contributed by atoms with Crippen LogP contribution in [-0.2, 0) is 6.54 Å². The number of nitrogens with one attached hydrogen (secondary N) is 1. The Kier molecular flexibility index (Phi) is 6.81. The van der Waals surface area contributed by atoms with Gasteiger partial charge in [0.2, 0.25) is 8.32 Å². The molecule has 0 saturated carbocycles. The van der Waals surface area contributed by atoms with Crippen molar-refractivity contribution in [3.05, 3.63) is 63.7 Å². The summed E-state index contributed by atoms with van der Waals surface area (Å²) in [6, 6.07) is 10.6. The molecule has 2 aromatic carbocycles. The predicted octanol–water partition coefficient (Wildman–Crippen LogP) is 5.66. The molecule has 7 heteroatoms. The second-order valence-electron chi connectivity index (χ2n) is 8.65. The summed E-state index contributed by atoms with van der Waals surface area (Å²) in [4.78, 5) is 23.7. The van der Waals surface area contributed by atoms with E-state index in [2.05, 4.69) is 39.2 Å². The van der Waals surface area contributed by atoms with Crippen LogP contribution in [0.3, 0.4) is 0 Å². The van der Waals surface area contributed by atoms with E-state index in [1.807, 2.05) is 24.3 Å². The highest BCUT2D eigenvalue weighted by atomic mass is 35.5. The first kappa shape index (κ1) is 23.0. The molecule has 0 atom stereocenters. The first-order valence-electron chi connectivity index (χ1n) is 9.41. The zero-order valence-corrected chi connectivity index (χ0v) is 19.5. The number of hydrogen-bond donors (Lipinski definition) is 2. The monoisotopic (exact) mass is 433 g/mol. The normalized spacial score (nSPS) is 11.8. The van der Waals surface area contributed by atoms with Gasteiger partial charge >= 0.3 is 5.97 Å². The first-order valence-corrected chi connectivity index (χ1v) is 12.7. The summed E-state index contributed by atoms with van der Waals surface area (Å²) in [5, 5.41) is 12.2. The summed E-state index contributed by atoms with van der Waals surface area (Å²) in [7, 11) is -1.94. The van der Waals surface area contributed by atoms with Gasteiger partial charge in [-0.25, -0.2) is 4.79 Å². The molecule has 0 aliphatic rings. The summed E-state index contributed by atoms with van der Waals surface area (Å²) in [6.45, 7) is 12.9. The van der Waals surface area contributed by atoms with E-state index < -0.39 is 14.3 Å². The molecule has 0 saturated heterocycles. The maximum atomic E-state index is 12.5. The number of benzene rings is 2. The fourth-order valence-electron chi connectivity index (χ4n) is 2.60. The number of halogens is 1. The molecule has 156 valence electrons. The molecular formula is C22H28ClNO4Si. The Morgan fingerprint density at radius 3 is 2.38 bits per heavy atom. The number of aromatic carboxylic acids is 1. The Hall–Kier alpha value is -2.31. The molecule has 2 aromatic rings. The minimum Gasteiger partial charge on any atom is -0.543 e. The van der Waals surface area contributed by atoms with Crippen molar-refractivity contribution >= 4 is 31.8 Å². The van der Waals surface area contributed by atoms with Gasteiger partial charge < -0.3 is 14.8 Å². The lowest BCUT2D eigenvalue weighted by atomic mass is 10.0. The standard InChI is InChI=1S/C22H28ClNO4Si/c1-14-10-16(12-18(23)19(14)21(26)27)20(25)24-13-15-8-7-9-17(11-15)28-29(5,6)22(2,3)4/h7-12H,13H2,1-6H3,(H,24,25)(H,26,27). The maximum absolute atomic E-state index is 12.5. The number of aryl methyl sites for hydroxylation is 1. The zero-order chi connectivity index (χ0) is 22.0. The number of carbonyl (C=O) groups excluding carboxylic acids is 1. The van der Waals surface area contributed by atoms with Crippen molar-refractivity contribution in [2.24, 2.45) is 0 Å². The van der Waals surface area contributed by atoms with E-state index in [-0.39, 0.29) is 21.5 Å². The largest absolute Gasteiger partial charge is 0.543 e. The summed E-state index contributed by atoms with van der Waals surface area (Å²) >= 11 is 6.04. The van der Waals surface area contributed by atoms with Crippen molar-refractivity contribution in [2.45, 2.75) is 52.4 Å². The molecule has 2 N–H and O–H groups in total. The number of carboxylic acids is 1. The predicted molar refractivity (Wildman–Crippen MR) is 119 cm³/mol. The molecule has 0 fully saturated rings. The average Bonchev–Trinajstić information content (AvgIpc) is 2.57. The maximum Gasteiger partial charge on any atom is 0.337 e. The molecule has 0 bridgehead atoms. The van der Waals surface area contributed by atoms with Gasteiger partial charge in [0.05, 0.1) is 10.6 Å². The van der Waals surface area contributed by atoms with Gasteiger partial charge in [0.1, 0.15) is 5.75 Å². The van der Waals surface area contributed by atoms with Crippen LogP contribution in [0.15, 0.2) is 36.4 Å². The number of amides is 1. The molecular weight excluding hydrogens is 406 g/mol. The van der Waals surface area contributed by atoms with Gasteiger partial charge in [-0.05, 0) is 60.4 Å². The van der Waals surface area contributed by atoms with Crippen LogP contribution in [0.4, 0.5) is 0 Å². The Bertz CT molecular complexity index is 912. The van der Waals surface area contributed by atoms with Crippen molar-refractivity contribution in [2.75, 3.05) is 0 Å². The lowest BCUT2D eigenvalue weighted by Crippen LogP contribution is -2.43.